The largest absolute Gasteiger partial charge is 0.379 e. The molecule has 0 bridgehead atoms. The molecule has 1 atom stereocenters. The predicted molar refractivity (Wildman–Crippen MR) is 119 cm³/mol. The smallest absolute Gasteiger partial charge is 0.193 e. The second-order valence-corrected chi connectivity index (χ2v) is 7.04. The summed E-state index contributed by atoms with van der Waals surface area (Å²) in [4.78, 5) is 9.84. The number of aliphatic imine (C=N–C) groups is 1. The molecule has 0 amide bonds. The van der Waals surface area contributed by atoms with Crippen molar-refractivity contribution in [3.63, 3.8) is 0 Å². The topological polar surface area (TPSA) is 40.1 Å². The highest BCUT2D eigenvalue weighted by Gasteiger charge is 2.23. The summed E-state index contributed by atoms with van der Waals surface area (Å²) in [6.07, 6.45) is 2.52. The van der Waals surface area contributed by atoms with Gasteiger partial charge in [0.2, 0.25) is 0 Å². The molecule has 7 heteroatoms. The van der Waals surface area contributed by atoms with Crippen LogP contribution in [0.25, 0.3) is 0 Å². The van der Waals surface area contributed by atoms with Crippen LogP contribution in [-0.4, -0.2) is 68.2 Å². The first-order chi connectivity index (χ1) is 12.3. The maximum atomic E-state index is 6.08. The SMILES string of the molecule is CCNC(=NCC(c1ccc(Cl)cc1)N1CCOCC1)N1CCCC1.I. The zero-order valence-corrected chi connectivity index (χ0v) is 18.6. The van der Waals surface area contributed by atoms with Gasteiger partial charge in [0.25, 0.3) is 0 Å². The van der Waals surface area contributed by atoms with Crippen LogP contribution in [0.2, 0.25) is 5.02 Å². The number of guanidine groups is 1. The molecule has 146 valence electrons. The lowest BCUT2D eigenvalue weighted by Crippen LogP contribution is -2.42. The Balaban J connectivity index is 0.00000243. The molecular formula is C19H30ClIN4O. The summed E-state index contributed by atoms with van der Waals surface area (Å²) in [6.45, 7) is 9.47. The molecular weight excluding hydrogens is 463 g/mol. The summed E-state index contributed by atoms with van der Waals surface area (Å²) in [5.41, 5.74) is 1.27. The molecule has 0 spiro atoms. The van der Waals surface area contributed by atoms with Gasteiger partial charge in [-0.3, -0.25) is 9.89 Å². The van der Waals surface area contributed by atoms with Gasteiger partial charge in [-0.15, -0.1) is 24.0 Å². The molecule has 26 heavy (non-hydrogen) atoms. The van der Waals surface area contributed by atoms with Crippen molar-refractivity contribution in [3.05, 3.63) is 34.9 Å². The van der Waals surface area contributed by atoms with Crippen molar-refractivity contribution in [2.24, 2.45) is 4.99 Å². The van der Waals surface area contributed by atoms with Crippen molar-refractivity contribution >= 4 is 41.5 Å². The van der Waals surface area contributed by atoms with Crippen molar-refractivity contribution in [1.29, 1.82) is 0 Å². The Morgan fingerprint density at radius 2 is 1.81 bits per heavy atom. The molecule has 0 aromatic heterocycles. The van der Waals surface area contributed by atoms with E-state index in [0.717, 1.165) is 63.5 Å². The zero-order chi connectivity index (χ0) is 17.5. The van der Waals surface area contributed by atoms with E-state index < -0.39 is 0 Å². The van der Waals surface area contributed by atoms with Crippen molar-refractivity contribution < 1.29 is 4.74 Å². The molecule has 2 aliphatic rings. The van der Waals surface area contributed by atoms with Crippen molar-refractivity contribution in [3.8, 4) is 0 Å². The number of ether oxygens (including phenoxy) is 1. The first kappa shape index (κ1) is 21.7. The quantitative estimate of drug-likeness (QED) is 0.389. The van der Waals surface area contributed by atoms with E-state index in [9.17, 15) is 0 Å². The molecule has 3 rings (SSSR count). The number of nitrogens with one attached hydrogen (secondary N) is 1. The highest BCUT2D eigenvalue weighted by atomic mass is 127. The number of benzene rings is 1. The first-order valence-corrected chi connectivity index (χ1v) is 9.76. The Hall–Kier alpha value is -0.570. The molecule has 2 fully saturated rings. The van der Waals surface area contributed by atoms with Gasteiger partial charge in [-0.2, -0.15) is 0 Å². The van der Waals surface area contributed by atoms with Crippen LogP contribution in [0.4, 0.5) is 0 Å². The molecule has 2 heterocycles. The zero-order valence-electron chi connectivity index (χ0n) is 15.5. The minimum absolute atomic E-state index is 0. The number of rotatable bonds is 5. The van der Waals surface area contributed by atoms with Gasteiger partial charge in [-0.1, -0.05) is 23.7 Å². The lowest BCUT2D eigenvalue weighted by Gasteiger charge is -2.34. The van der Waals surface area contributed by atoms with E-state index in [4.69, 9.17) is 21.3 Å². The standard InChI is InChI=1S/C19H29ClN4O.HI/c1-2-21-19(24-9-3-4-10-24)22-15-18(23-11-13-25-14-12-23)16-5-7-17(20)8-6-16;/h5-8,18H,2-4,9-15H2,1H3,(H,21,22);1H. The Kier molecular flexibility index (Phi) is 9.45. The van der Waals surface area contributed by atoms with E-state index in [1.54, 1.807) is 0 Å². The fraction of sp³-hybridized carbons (Fsp3) is 0.632. The summed E-state index contributed by atoms with van der Waals surface area (Å²) < 4.78 is 5.53. The van der Waals surface area contributed by atoms with Crippen LogP contribution < -0.4 is 5.32 Å². The number of hydrogen-bond donors (Lipinski definition) is 1. The summed E-state index contributed by atoms with van der Waals surface area (Å²) in [6, 6.07) is 8.46. The highest BCUT2D eigenvalue weighted by Crippen LogP contribution is 2.24. The average molecular weight is 493 g/mol. The summed E-state index contributed by atoms with van der Waals surface area (Å²) in [5, 5.41) is 4.23. The Labute approximate surface area is 179 Å². The molecule has 2 aliphatic heterocycles. The number of hydrogen-bond acceptors (Lipinski definition) is 3. The third-order valence-corrected chi connectivity index (χ3v) is 5.15. The lowest BCUT2D eigenvalue weighted by atomic mass is 10.0. The average Bonchev–Trinajstić information content (AvgIpc) is 3.18. The van der Waals surface area contributed by atoms with Crippen LogP contribution in [0.3, 0.4) is 0 Å². The van der Waals surface area contributed by atoms with E-state index in [-0.39, 0.29) is 30.0 Å². The summed E-state index contributed by atoms with van der Waals surface area (Å²) in [7, 11) is 0. The lowest BCUT2D eigenvalue weighted by molar-refractivity contribution is 0.0179. The third kappa shape index (κ3) is 5.97. The predicted octanol–water partition coefficient (Wildman–Crippen LogP) is 3.39. The highest BCUT2D eigenvalue weighted by molar-refractivity contribution is 14.0. The minimum atomic E-state index is 0. The van der Waals surface area contributed by atoms with Gasteiger partial charge >= 0.3 is 0 Å². The van der Waals surface area contributed by atoms with Gasteiger partial charge in [-0.25, -0.2) is 0 Å². The van der Waals surface area contributed by atoms with Gasteiger partial charge in [0, 0.05) is 37.7 Å². The number of nitrogens with zero attached hydrogens (tertiary/aromatic N) is 3. The van der Waals surface area contributed by atoms with Crippen LogP contribution >= 0.6 is 35.6 Å². The Morgan fingerprint density at radius 1 is 1.15 bits per heavy atom. The van der Waals surface area contributed by atoms with Gasteiger partial charge in [0.15, 0.2) is 5.96 Å². The van der Waals surface area contributed by atoms with Crippen LogP contribution in [0, 0.1) is 0 Å². The maximum absolute atomic E-state index is 6.08. The van der Waals surface area contributed by atoms with Crippen LogP contribution in [0.15, 0.2) is 29.3 Å². The maximum Gasteiger partial charge on any atom is 0.193 e. The number of halogens is 2. The molecule has 1 unspecified atom stereocenters. The van der Waals surface area contributed by atoms with Crippen LogP contribution in [0.1, 0.15) is 31.4 Å². The molecule has 0 radical (unpaired) electrons. The van der Waals surface area contributed by atoms with Crippen molar-refractivity contribution in [2.75, 3.05) is 52.5 Å². The minimum Gasteiger partial charge on any atom is -0.379 e. The van der Waals surface area contributed by atoms with E-state index in [0.29, 0.717) is 0 Å². The fourth-order valence-electron chi connectivity index (χ4n) is 3.53. The summed E-state index contributed by atoms with van der Waals surface area (Å²) in [5.74, 6) is 1.05. The van der Waals surface area contributed by atoms with Crippen LogP contribution in [0.5, 0.6) is 0 Å². The van der Waals surface area contributed by atoms with Crippen LogP contribution in [-0.2, 0) is 4.74 Å². The number of morpholine rings is 1. The molecule has 1 aromatic carbocycles. The van der Waals surface area contributed by atoms with Gasteiger partial charge in [-0.05, 0) is 37.5 Å². The normalized spacial score (nSPS) is 19.9. The molecule has 0 saturated carbocycles. The number of likely N-dealkylation sites (tertiary alicyclic amines) is 1. The Bertz CT molecular complexity index is 557. The molecule has 5 nitrogen and oxygen atoms in total. The molecule has 2 saturated heterocycles. The van der Waals surface area contributed by atoms with E-state index in [1.165, 1.54) is 18.4 Å². The van der Waals surface area contributed by atoms with Gasteiger partial charge < -0.3 is 15.0 Å². The first-order valence-electron chi connectivity index (χ1n) is 9.38. The van der Waals surface area contributed by atoms with E-state index in [1.807, 2.05) is 12.1 Å². The third-order valence-electron chi connectivity index (χ3n) is 4.90. The fourth-order valence-corrected chi connectivity index (χ4v) is 3.66. The van der Waals surface area contributed by atoms with E-state index >= 15 is 0 Å². The van der Waals surface area contributed by atoms with Crippen molar-refractivity contribution in [1.82, 2.24) is 15.1 Å². The monoisotopic (exact) mass is 492 g/mol. The molecule has 1 aromatic rings. The molecule has 1 N–H and O–H groups in total. The van der Waals surface area contributed by atoms with E-state index in [2.05, 4.69) is 34.2 Å². The Morgan fingerprint density at radius 3 is 2.42 bits per heavy atom. The van der Waals surface area contributed by atoms with Gasteiger partial charge in [0.1, 0.15) is 0 Å². The second kappa shape index (κ2) is 11.3. The van der Waals surface area contributed by atoms with Crippen molar-refractivity contribution in [2.45, 2.75) is 25.8 Å². The molecule has 0 aliphatic carbocycles. The summed E-state index contributed by atoms with van der Waals surface area (Å²) >= 11 is 6.08. The van der Waals surface area contributed by atoms with Gasteiger partial charge in [0.05, 0.1) is 25.8 Å². The second-order valence-electron chi connectivity index (χ2n) is 6.60.